The number of carbonyl (C=O) groups excluding carboxylic acids is 2. The molecular weight excluding hydrogens is 316 g/mol. The Hall–Kier alpha value is -1.89. The van der Waals surface area contributed by atoms with E-state index in [1.165, 1.54) is 12.1 Å². The maximum atomic E-state index is 12.7. The van der Waals surface area contributed by atoms with Crippen LogP contribution in [0.1, 0.15) is 32.3 Å². The Labute approximate surface area is 136 Å². The van der Waals surface area contributed by atoms with Crippen molar-refractivity contribution in [2.45, 2.75) is 44.6 Å². The Morgan fingerprint density at radius 1 is 1.30 bits per heavy atom. The minimum atomic E-state index is -4.01. The first-order chi connectivity index (χ1) is 10.7. The molecule has 7 heteroatoms. The minimum Gasteiger partial charge on any atom is -0.354 e. The number of carbonyl (C=O) groups is 2. The fraction of sp³-hybridized carbons (Fsp3) is 0.500. The van der Waals surface area contributed by atoms with Crippen molar-refractivity contribution < 1.29 is 18.0 Å². The van der Waals surface area contributed by atoms with Crippen molar-refractivity contribution in [2.24, 2.45) is 5.92 Å². The van der Waals surface area contributed by atoms with Crippen LogP contribution in [0.25, 0.3) is 0 Å². The first-order valence-corrected chi connectivity index (χ1v) is 9.09. The second kappa shape index (κ2) is 6.70. The molecule has 0 aromatic heterocycles. The van der Waals surface area contributed by atoms with Crippen LogP contribution in [0.15, 0.2) is 29.2 Å². The second-order valence-electron chi connectivity index (χ2n) is 6.20. The molecule has 1 saturated heterocycles. The van der Waals surface area contributed by atoms with Crippen LogP contribution in [-0.2, 0) is 19.6 Å². The molecule has 1 heterocycles. The number of rotatable bonds is 5. The Bertz CT molecular complexity index is 695. The number of sulfonamides is 1. The number of hydrogen-bond acceptors (Lipinski definition) is 4. The van der Waals surface area contributed by atoms with Crippen molar-refractivity contribution in [3.63, 3.8) is 0 Å². The molecule has 6 nitrogen and oxygen atoms in total. The number of aryl methyl sites for hydroxylation is 1. The molecule has 2 rings (SSSR count). The largest absolute Gasteiger partial charge is 0.354 e. The quantitative estimate of drug-likeness (QED) is 0.881. The van der Waals surface area contributed by atoms with Crippen LogP contribution >= 0.6 is 0 Å². The topological polar surface area (TPSA) is 83.6 Å². The monoisotopic (exact) mass is 338 g/mol. The summed E-state index contributed by atoms with van der Waals surface area (Å²) in [5, 5.41) is 2.71. The lowest BCUT2D eigenvalue weighted by Crippen LogP contribution is -2.48. The van der Waals surface area contributed by atoms with Crippen molar-refractivity contribution in [3.8, 4) is 0 Å². The molecule has 0 bridgehead atoms. The Morgan fingerprint density at radius 2 is 1.91 bits per heavy atom. The lowest BCUT2D eigenvalue weighted by Gasteiger charge is -2.24. The average Bonchev–Trinajstić information content (AvgIpc) is 2.87. The van der Waals surface area contributed by atoms with E-state index in [4.69, 9.17) is 0 Å². The third kappa shape index (κ3) is 3.72. The first kappa shape index (κ1) is 17.5. The molecule has 1 aliphatic heterocycles. The fourth-order valence-electron chi connectivity index (χ4n) is 2.45. The maximum Gasteiger partial charge on any atom is 0.267 e. The maximum absolute atomic E-state index is 12.7. The van der Waals surface area contributed by atoms with Crippen molar-refractivity contribution in [2.75, 3.05) is 6.54 Å². The van der Waals surface area contributed by atoms with Gasteiger partial charge in [-0.15, -0.1) is 0 Å². The summed E-state index contributed by atoms with van der Waals surface area (Å²) < 4.78 is 26.2. The van der Waals surface area contributed by atoms with Crippen LogP contribution in [0.3, 0.4) is 0 Å². The summed E-state index contributed by atoms with van der Waals surface area (Å²) in [7, 11) is -4.01. The molecule has 0 aliphatic carbocycles. The highest BCUT2D eigenvalue weighted by Crippen LogP contribution is 2.27. The van der Waals surface area contributed by atoms with Gasteiger partial charge in [0, 0.05) is 13.0 Å². The van der Waals surface area contributed by atoms with E-state index >= 15 is 0 Å². The summed E-state index contributed by atoms with van der Waals surface area (Å²) in [5.74, 6) is -0.700. The molecule has 0 unspecified atom stereocenters. The number of nitrogens with zero attached hydrogens (tertiary/aromatic N) is 1. The van der Waals surface area contributed by atoms with E-state index in [0.29, 0.717) is 6.54 Å². The van der Waals surface area contributed by atoms with Gasteiger partial charge in [0.15, 0.2) is 0 Å². The van der Waals surface area contributed by atoms with E-state index in [1.807, 2.05) is 20.8 Å². The van der Waals surface area contributed by atoms with Crippen molar-refractivity contribution in [3.05, 3.63) is 29.8 Å². The zero-order chi connectivity index (χ0) is 17.2. The van der Waals surface area contributed by atoms with Crippen molar-refractivity contribution >= 4 is 21.8 Å². The van der Waals surface area contributed by atoms with Crippen LogP contribution < -0.4 is 5.32 Å². The molecule has 0 spiro atoms. The van der Waals surface area contributed by atoms with Crippen molar-refractivity contribution in [1.29, 1.82) is 0 Å². The van der Waals surface area contributed by atoms with Gasteiger partial charge in [0.05, 0.1) is 4.90 Å². The van der Waals surface area contributed by atoms with Crippen LogP contribution in [0.2, 0.25) is 0 Å². The predicted molar refractivity (Wildman–Crippen MR) is 86.1 cm³/mol. The van der Waals surface area contributed by atoms with Gasteiger partial charge in [-0.05, 0) is 31.4 Å². The molecule has 2 amide bonds. The van der Waals surface area contributed by atoms with Gasteiger partial charge in [0.1, 0.15) is 6.04 Å². The first-order valence-electron chi connectivity index (χ1n) is 7.65. The van der Waals surface area contributed by atoms with E-state index in [2.05, 4.69) is 5.32 Å². The molecule has 1 aromatic carbocycles. The Kier molecular flexibility index (Phi) is 5.09. The molecule has 23 heavy (non-hydrogen) atoms. The lowest BCUT2D eigenvalue weighted by atomic mass is 10.2. The van der Waals surface area contributed by atoms with E-state index in [9.17, 15) is 18.0 Å². The van der Waals surface area contributed by atoms with Gasteiger partial charge in [-0.3, -0.25) is 9.59 Å². The summed E-state index contributed by atoms with van der Waals surface area (Å²) in [6.45, 7) is 6.18. The summed E-state index contributed by atoms with van der Waals surface area (Å²) in [5.41, 5.74) is 0.919. The highest BCUT2D eigenvalue weighted by Gasteiger charge is 2.44. The van der Waals surface area contributed by atoms with Gasteiger partial charge >= 0.3 is 0 Å². The van der Waals surface area contributed by atoms with E-state index in [1.54, 1.807) is 12.1 Å². The Morgan fingerprint density at radius 3 is 2.48 bits per heavy atom. The molecule has 1 fully saturated rings. The van der Waals surface area contributed by atoms with Gasteiger partial charge < -0.3 is 5.32 Å². The third-order valence-electron chi connectivity index (χ3n) is 3.73. The molecule has 126 valence electrons. The number of hydrogen-bond donors (Lipinski definition) is 1. The average molecular weight is 338 g/mol. The van der Waals surface area contributed by atoms with E-state index in [-0.39, 0.29) is 23.7 Å². The third-order valence-corrected chi connectivity index (χ3v) is 5.57. The molecule has 1 atom stereocenters. The molecule has 1 aromatic rings. The SMILES string of the molecule is Cc1ccc(S(=O)(=O)N2C(=O)CC[C@@H]2C(=O)NCC(C)C)cc1. The molecule has 0 radical (unpaired) electrons. The van der Waals surface area contributed by atoms with Crippen LogP contribution in [0.5, 0.6) is 0 Å². The summed E-state index contributed by atoms with van der Waals surface area (Å²) in [6, 6.07) is 5.29. The van der Waals surface area contributed by atoms with Crippen LogP contribution in [-0.4, -0.2) is 37.1 Å². The molecule has 1 N–H and O–H groups in total. The second-order valence-corrected chi connectivity index (χ2v) is 8.02. The lowest BCUT2D eigenvalue weighted by molar-refractivity contribution is -0.130. The van der Waals surface area contributed by atoms with Crippen LogP contribution in [0, 0.1) is 12.8 Å². The van der Waals surface area contributed by atoms with Gasteiger partial charge in [-0.2, -0.15) is 0 Å². The highest BCUT2D eigenvalue weighted by atomic mass is 32.2. The summed E-state index contributed by atoms with van der Waals surface area (Å²) >= 11 is 0. The van der Waals surface area contributed by atoms with Crippen molar-refractivity contribution in [1.82, 2.24) is 9.62 Å². The highest BCUT2D eigenvalue weighted by molar-refractivity contribution is 7.89. The summed E-state index contributed by atoms with van der Waals surface area (Å²) in [4.78, 5) is 24.4. The summed E-state index contributed by atoms with van der Waals surface area (Å²) in [6.07, 6.45) is 0.276. The van der Waals surface area contributed by atoms with Gasteiger partial charge in [-0.1, -0.05) is 31.5 Å². The normalized spacial score (nSPS) is 18.5. The molecule has 1 aliphatic rings. The molecular formula is C16H22N2O4S. The van der Waals surface area contributed by atoms with E-state index in [0.717, 1.165) is 9.87 Å². The molecule has 0 saturated carbocycles. The zero-order valence-electron chi connectivity index (χ0n) is 13.6. The predicted octanol–water partition coefficient (Wildman–Crippen LogP) is 1.45. The zero-order valence-corrected chi connectivity index (χ0v) is 14.4. The van der Waals surface area contributed by atoms with Gasteiger partial charge in [0.25, 0.3) is 10.0 Å². The number of nitrogens with one attached hydrogen (secondary N) is 1. The fourth-order valence-corrected chi connectivity index (χ4v) is 4.05. The number of benzene rings is 1. The number of amides is 2. The smallest absolute Gasteiger partial charge is 0.267 e. The minimum absolute atomic E-state index is 0.0278. The van der Waals surface area contributed by atoms with Gasteiger partial charge in [0.2, 0.25) is 11.8 Å². The van der Waals surface area contributed by atoms with Gasteiger partial charge in [-0.25, -0.2) is 12.7 Å². The Balaban J connectivity index is 2.28. The standard InChI is InChI=1S/C16H22N2O4S/c1-11(2)10-17-16(20)14-8-9-15(19)18(14)23(21,22)13-6-4-12(3)5-7-13/h4-7,11,14H,8-10H2,1-3H3,(H,17,20)/t14-/m1/s1. The van der Waals surface area contributed by atoms with E-state index < -0.39 is 27.9 Å². The van der Waals surface area contributed by atoms with Crippen LogP contribution in [0.4, 0.5) is 0 Å².